The first-order chi connectivity index (χ1) is 8.18. The average molecular weight is 233 g/mol. The number of nitrogens with two attached hydrogens (primary N) is 1. The molecule has 0 radical (unpaired) electrons. The molecule has 3 heteroatoms. The lowest BCUT2D eigenvalue weighted by molar-refractivity contribution is 0.0852. The number of benzene rings is 1. The van der Waals surface area contributed by atoms with E-state index >= 15 is 0 Å². The van der Waals surface area contributed by atoms with E-state index in [9.17, 15) is 9.18 Å². The number of carbonyl (C=O) groups excluding carboxylic acids is 1. The molecule has 4 unspecified atom stereocenters. The van der Waals surface area contributed by atoms with Gasteiger partial charge in [-0.15, -0.1) is 0 Å². The van der Waals surface area contributed by atoms with Gasteiger partial charge in [-0.1, -0.05) is 12.1 Å². The molecule has 2 aliphatic rings. The van der Waals surface area contributed by atoms with Gasteiger partial charge in [0.2, 0.25) is 0 Å². The zero-order valence-electron chi connectivity index (χ0n) is 9.60. The summed E-state index contributed by atoms with van der Waals surface area (Å²) in [5, 5.41) is 0. The minimum Gasteiger partial charge on any atom is -0.327 e. The Morgan fingerprint density at radius 1 is 1.24 bits per heavy atom. The Morgan fingerprint density at radius 3 is 2.59 bits per heavy atom. The van der Waals surface area contributed by atoms with E-state index in [1.54, 1.807) is 18.2 Å². The highest BCUT2D eigenvalue weighted by atomic mass is 19.1. The Morgan fingerprint density at radius 2 is 1.94 bits per heavy atom. The molecule has 2 aliphatic carbocycles. The Bertz CT molecular complexity index is 457. The molecular weight excluding hydrogens is 217 g/mol. The van der Waals surface area contributed by atoms with Crippen LogP contribution in [0, 0.1) is 23.6 Å². The smallest absolute Gasteiger partial charge is 0.170 e. The van der Waals surface area contributed by atoms with Gasteiger partial charge in [0.1, 0.15) is 5.82 Å². The first-order valence-electron chi connectivity index (χ1n) is 6.23. The van der Waals surface area contributed by atoms with Gasteiger partial charge in [0.05, 0.1) is 5.56 Å². The first-order valence-corrected chi connectivity index (χ1v) is 6.23. The number of hydrogen-bond donors (Lipinski definition) is 1. The predicted octanol–water partition coefficient (Wildman–Crippen LogP) is 2.38. The minimum absolute atomic E-state index is 0.0687. The predicted molar refractivity (Wildman–Crippen MR) is 63.0 cm³/mol. The molecule has 90 valence electrons. The maximum atomic E-state index is 13.6. The zero-order chi connectivity index (χ0) is 12.0. The summed E-state index contributed by atoms with van der Waals surface area (Å²) in [5.74, 6) is 0.170. The average Bonchev–Trinajstić information content (AvgIpc) is 2.89. The number of Topliss-reactive ketones (excluding diaryl/α,β-unsaturated/α-hetero) is 1. The van der Waals surface area contributed by atoms with E-state index < -0.39 is 5.82 Å². The van der Waals surface area contributed by atoms with Gasteiger partial charge >= 0.3 is 0 Å². The van der Waals surface area contributed by atoms with Crippen molar-refractivity contribution in [3.63, 3.8) is 0 Å². The summed E-state index contributed by atoms with van der Waals surface area (Å²) in [7, 11) is 0. The molecule has 2 saturated carbocycles. The molecule has 1 aromatic carbocycles. The van der Waals surface area contributed by atoms with Crippen molar-refractivity contribution >= 4 is 5.78 Å². The van der Waals surface area contributed by atoms with Gasteiger partial charge in [0.15, 0.2) is 5.78 Å². The van der Waals surface area contributed by atoms with Crippen LogP contribution in [0.3, 0.4) is 0 Å². The summed E-state index contributed by atoms with van der Waals surface area (Å²) in [6, 6.07) is 6.14. The number of rotatable bonds is 2. The highest BCUT2D eigenvalue weighted by Crippen LogP contribution is 2.48. The van der Waals surface area contributed by atoms with Gasteiger partial charge < -0.3 is 5.73 Å². The van der Waals surface area contributed by atoms with Gasteiger partial charge in [-0.05, 0) is 43.2 Å². The Balaban J connectivity index is 1.91. The van der Waals surface area contributed by atoms with Crippen LogP contribution in [0.2, 0.25) is 0 Å². The lowest BCUT2D eigenvalue weighted by atomic mass is 9.80. The molecule has 2 nitrogen and oxygen atoms in total. The summed E-state index contributed by atoms with van der Waals surface area (Å²) >= 11 is 0. The van der Waals surface area contributed by atoms with Gasteiger partial charge in [0.25, 0.3) is 0 Å². The highest BCUT2D eigenvalue weighted by molar-refractivity contribution is 5.99. The second-order valence-corrected chi connectivity index (χ2v) is 5.28. The fourth-order valence-electron chi connectivity index (χ4n) is 3.57. The van der Waals surface area contributed by atoms with Crippen molar-refractivity contribution in [2.24, 2.45) is 23.5 Å². The molecule has 1 aromatic rings. The molecule has 0 aromatic heterocycles. The molecule has 0 saturated heterocycles. The van der Waals surface area contributed by atoms with Crippen LogP contribution in [-0.4, -0.2) is 11.8 Å². The molecule has 4 atom stereocenters. The topological polar surface area (TPSA) is 43.1 Å². The third-order valence-corrected chi connectivity index (χ3v) is 4.42. The van der Waals surface area contributed by atoms with E-state index in [-0.39, 0.29) is 23.3 Å². The van der Waals surface area contributed by atoms with Crippen molar-refractivity contribution in [3.8, 4) is 0 Å². The fraction of sp³-hybridized carbons (Fsp3) is 0.500. The molecule has 0 spiro atoms. The number of ketones is 1. The van der Waals surface area contributed by atoms with E-state index in [1.165, 1.54) is 6.07 Å². The van der Waals surface area contributed by atoms with E-state index in [0.717, 1.165) is 19.3 Å². The maximum absolute atomic E-state index is 13.6. The van der Waals surface area contributed by atoms with Gasteiger partial charge in [-0.25, -0.2) is 4.39 Å². The minimum atomic E-state index is -0.424. The number of carbonyl (C=O) groups is 1. The van der Waals surface area contributed by atoms with Crippen LogP contribution in [0.1, 0.15) is 29.6 Å². The molecule has 2 N–H and O–H groups in total. The highest BCUT2D eigenvalue weighted by Gasteiger charge is 2.49. The quantitative estimate of drug-likeness (QED) is 0.797. The fourth-order valence-corrected chi connectivity index (χ4v) is 3.57. The van der Waals surface area contributed by atoms with Crippen LogP contribution in [0.4, 0.5) is 4.39 Å². The summed E-state index contributed by atoms with van der Waals surface area (Å²) in [6.07, 6.45) is 3.25. The Labute approximate surface area is 100 Å². The molecule has 0 amide bonds. The van der Waals surface area contributed by atoms with Gasteiger partial charge in [0, 0.05) is 12.0 Å². The Hall–Kier alpha value is -1.22. The second-order valence-electron chi connectivity index (χ2n) is 5.28. The lowest BCUT2D eigenvalue weighted by Gasteiger charge is -2.26. The first kappa shape index (κ1) is 10.9. The zero-order valence-corrected chi connectivity index (χ0v) is 9.60. The van der Waals surface area contributed by atoms with Crippen molar-refractivity contribution in [1.29, 1.82) is 0 Å². The van der Waals surface area contributed by atoms with Crippen LogP contribution in [0.15, 0.2) is 24.3 Å². The van der Waals surface area contributed by atoms with Crippen molar-refractivity contribution in [2.45, 2.75) is 25.3 Å². The summed E-state index contributed by atoms with van der Waals surface area (Å²) in [6.45, 7) is 0. The van der Waals surface area contributed by atoms with E-state index in [1.807, 2.05) is 0 Å². The maximum Gasteiger partial charge on any atom is 0.170 e. The van der Waals surface area contributed by atoms with E-state index in [4.69, 9.17) is 5.73 Å². The largest absolute Gasteiger partial charge is 0.327 e. The van der Waals surface area contributed by atoms with Crippen molar-refractivity contribution in [2.75, 3.05) is 0 Å². The molecular formula is C14H16FNO. The number of hydrogen-bond acceptors (Lipinski definition) is 2. The van der Waals surface area contributed by atoms with Crippen molar-refractivity contribution in [1.82, 2.24) is 0 Å². The summed E-state index contributed by atoms with van der Waals surface area (Å²) in [4.78, 5) is 12.3. The third kappa shape index (κ3) is 1.61. The van der Waals surface area contributed by atoms with Crippen LogP contribution in [-0.2, 0) is 0 Å². The molecule has 2 fully saturated rings. The normalized spacial score (nSPS) is 35.2. The molecule has 2 bridgehead atoms. The monoisotopic (exact) mass is 233 g/mol. The van der Waals surface area contributed by atoms with Crippen LogP contribution < -0.4 is 5.73 Å². The molecule has 0 heterocycles. The van der Waals surface area contributed by atoms with E-state index in [0.29, 0.717) is 11.8 Å². The Kier molecular flexibility index (Phi) is 2.51. The number of halogens is 1. The lowest BCUT2D eigenvalue weighted by Crippen LogP contribution is -2.40. The third-order valence-electron chi connectivity index (χ3n) is 4.42. The molecule has 0 aliphatic heterocycles. The SMILES string of the molecule is NC1C2CCC(C2)C1C(=O)c1ccccc1F. The van der Waals surface area contributed by atoms with Gasteiger partial charge in [-0.3, -0.25) is 4.79 Å². The summed E-state index contributed by atoms with van der Waals surface area (Å²) < 4.78 is 13.6. The molecule has 3 rings (SSSR count). The van der Waals surface area contributed by atoms with Gasteiger partial charge in [-0.2, -0.15) is 0 Å². The van der Waals surface area contributed by atoms with Crippen LogP contribution >= 0.6 is 0 Å². The van der Waals surface area contributed by atoms with Crippen molar-refractivity contribution in [3.05, 3.63) is 35.6 Å². The second kappa shape index (κ2) is 3.91. The standard InChI is InChI=1S/C14H16FNO/c15-11-4-2-1-3-10(11)14(17)12-8-5-6-9(7-8)13(12)16/h1-4,8-9,12-13H,5-7,16H2. The number of fused-ring (bicyclic) bond motifs is 2. The summed E-state index contributed by atoms with van der Waals surface area (Å²) in [5.41, 5.74) is 6.32. The van der Waals surface area contributed by atoms with Crippen molar-refractivity contribution < 1.29 is 9.18 Å². The van der Waals surface area contributed by atoms with Crippen LogP contribution in [0.5, 0.6) is 0 Å². The van der Waals surface area contributed by atoms with Crippen LogP contribution in [0.25, 0.3) is 0 Å². The molecule has 17 heavy (non-hydrogen) atoms. The van der Waals surface area contributed by atoms with E-state index in [2.05, 4.69) is 0 Å².